The lowest BCUT2D eigenvalue weighted by molar-refractivity contribution is 0.0954. The number of hydrogen-bond acceptors (Lipinski definition) is 4. The molecule has 136 valence electrons. The van der Waals surface area contributed by atoms with Gasteiger partial charge in [-0.05, 0) is 36.5 Å². The van der Waals surface area contributed by atoms with E-state index in [0.29, 0.717) is 22.7 Å². The third kappa shape index (κ3) is 5.85. The first-order valence-electron chi connectivity index (χ1n) is 8.04. The van der Waals surface area contributed by atoms with Crippen LogP contribution in [-0.4, -0.2) is 38.5 Å². The summed E-state index contributed by atoms with van der Waals surface area (Å²) >= 11 is 1.39. The van der Waals surface area contributed by atoms with E-state index in [1.54, 1.807) is 31.3 Å². The highest BCUT2D eigenvalue weighted by Gasteiger charge is 2.19. The van der Waals surface area contributed by atoms with Crippen LogP contribution < -0.4 is 15.5 Å². The number of benzene rings is 1. The van der Waals surface area contributed by atoms with Crippen LogP contribution >= 0.6 is 23.7 Å². The Morgan fingerprint density at radius 2 is 1.84 bits per heavy atom. The minimum absolute atomic E-state index is 0. The van der Waals surface area contributed by atoms with Crippen molar-refractivity contribution in [2.45, 2.75) is 13.3 Å². The standard InChI is InChI=1S/C18H23N3O2S.ClH/c1-3-10-19-11-12-20-17(22)14-7-4-5-8-15(14)21(2)18(23)16-9-6-13-24-16;/h4-9,13,19H,3,10-12H2,1-2H3,(H,20,22);1H. The van der Waals surface area contributed by atoms with Crippen LogP contribution in [0, 0.1) is 0 Å². The van der Waals surface area contributed by atoms with E-state index < -0.39 is 0 Å². The van der Waals surface area contributed by atoms with E-state index in [9.17, 15) is 9.59 Å². The Morgan fingerprint density at radius 1 is 1.08 bits per heavy atom. The zero-order chi connectivity index (χ0) is 17.4. The Bertz CT molecular complexity index is 677. The van der Waals surface area contributed by atoms with Crippen molar-refractivity contribution in [2.24, 2.45) is 0 Å². The average molecular weight is 382 g/mol. The SMILES string of the molecule is CCCNCCNC(=O)c1ccccc1N(C)C(=O)c1cccs1.Cl. The summed E-state index contributed by atoms with van der Waals surface area (Å²) < 4.78 is 0. The number of rotatable bonds is 8. The van der Waals surface area contributed by atoms with Crippen molar-refractivity contribution >= 4 is 41.2 Å². The van der Waals surface area contributed by atoms with Crippen molar-refractivity contribution in [3.8, 4) is 0 Å². The smallest absolute Gasteiger partial charge is 0.268 e. The fourth-order valence-corrected chi connectivity index (χ4v) is 2.99. The van der Waals surface area contributed by atoms with Gasteiger partial charge in [0.05, 0.1) is 16.1 Å². The molecule has 7 heteroatoms. The van der Waals surface area contributed by atoms with Gasteiger partial charge in [-0.1, -0.05) is 25.1 Å². The Morgan fingerprint density at radius 3 is 2.52 bits per heavy atom. The molecule has 0 aliphatic rings. The first-order chi connectivity index (χ1) is 11.6. The largest absolute Gasteiger partial charge is 0.351 e. The van der Waals surface area contributed by atoms with Crippen LogP contribution in [0.1, 0.15) is 33.4 Å². The third-order valence-corrected chi connectivity index (χ3v) is 4.42. The summed E-state index contributed by atoms with van der Waals surface area (Å²) in [5.41, 5.74) is 1.11. The Hall–Kier alpha value is -1.89. The van der Waals surface area contributed by atoms with Crippen molar-refractivity contribution in [1.29, 1.82) is 0 Å². The number of anilines is 1. The molecule has 2 aromatic rings. The predicted molar refractivity (Wildman–Crippen MR) is 106 cm³/mol. The number of amides is 2. The molecule has 1 heterocycles. The summed E-state index contributed by atoms with van der Waals surface area (Å²) in [5.74, 6) is -0.287. The maximum absolute atomic E-state index is 12.5. The molecule has 0 radical (unpaired) electrons. The highest BCUT2D eigenvalue weighted by Crippen LogP contribution is 2.22. The Balaban J connectivity index is 0.00000312. The van der Waals surface area contributed by atoms with Gasteiger partial charge in [-0.3, -0.25) is 9.59 Å². The monoisotopic (exact) mass is 381 g/mol. The van der Waals surface area contributed by atoms with Crippen molar-refractivity contribution in [3.63, 3.8) is 0 Å². The lowest BCUT2D eigenvalue weighted by Crippen LogP contribution is -2.34. The quantitative estimate of drug-likeness (QED) is 0.690. The predicted octanol–water partition coefficient (Wildman–Crippen LogP) is 3.18. The van der Waals surface area contributed by atoms with Crippen molar-refractivity contribution in [1.82, 2.24) is 10.6 Å². The highest BCUT2D eigenvalue weighted by molar-refractivity contribution is 7.12. The van der Waals surface area contributed by atoms with Crippen molar-refractivity contribution < 1.29 is 9.59 Å². The van der Waals surface area contributed by atoms with Gasteiger partial charge in [0, 0.05) is 20.1 Å². The summed E-state index contributed by atoms with van der Waals surface area (Å²) in [4.78, 5) is 27.1. The number of nitrogens with zero attached hydrogens (tertiary/aromatic N) is 1. The second kappa shape index (κ2) is 10.9. The average Bonchev–Trinajstić information content (AvgIpc) is 3.14. The van der Waals surface area contributed by atoms with Crippen molar-refractivity contribution in [2.75, 3.05) is 31.6 Å². The summed E-state index contributed by atoms with van der Waals surface area (Å²) in [7, 11) is 1.69. The zero-order valence-electron chi connectivity index (χ0n) is 14.5. The van der Waals surface area contributed by atoms with Gasteiger partial charge in [0.2, 0.25) is 0 Å². The van der Waals surface area contributed by atoms with E-state index in [0.717, 1.165) is 19.5 Å². The van der Waals surface area contributed by atoms with Gasteiger partial charge in [-0.25, -0.2) is 0 Å². The summed E-state index contributed by atoms with van der Waals surface area (Å²) in [6.45, 7) is 4.31. The first kappa shape index (κ1) is 21.2. The fraction of sp³-hybridized carbons (Fsp3) is 0.333. The number of halogens is 1. The second-order valence-corrected chi connectivity index (χ2v) is 6.31. The van der Waals surface area contributed by atoms with Gasteiger partial charge in [0.25, 0.3) is 11.8 Å². The minimum Gasteiger partial charge on any atom is -0.351 e. The molecule has 2 amide bonds. The van der Waals surface area contributed by atoms with Crippen LogP contribution in [0.25, 0.3) is 0 Å². The maximum atomic E-state index is 12.5. The minimum atomic E-state index is -0.172. The molecule has 1 aromatic heterocycles. The van der Waals surface area contributed by atoms with Gasteiger partial charge >= 0.3 is 0 Å². The van der Waals surface area contributed by atoms with E-state index >= 15 is 0 Å². The Kier molecular flexibility index (Phi) is 9.20. The molecule has 0 unspecified atom stereocenters. The Labute approximate surface area is 158 Å². The van der Waals surface area contributed by atoms with Crippen LogP contribution in [0.15, 0.2) is 41.8 Å². The number of hydrogen-bond donors (Lipinski definition) is 2. The zero-order valence-corrected chi connectivity index (χ0v) is 16.1. The molecule has 1 aromatic carbocycles. The first-order valence-corrected chi connectivity index (χ1v) is 8.92. The van der Waals surface area contributed by atoms with Crippen LogP contribution in [0.4, 0.5) is 5.69 Å². The molecule has 0 aliphatic heterocycles. The second-order valence-electron chi connectivity index (χ2n) is 5.36. The molecule has 2 N–H and O–H groups in total. The molecular formula is C18H24ClN3O2S. The van der Waals surface area contributed by atoms with Crippen LogP contribution in [0.2, 0.25) is 0 Å². The molecule has 0 saturated carbocycles. The van der Waals surface area contributed by atoms with Gasteiger partial charge in [0.1, 0.15) is 0 Å². The molecular weight excluding hydrogens is 358 g/mol. The number of nitrogens with one attached hydrogen (secondary N) is 2. The van der Waals surface area contributed by atoms with E-state index in [-0.39, 0.29) is 24.2 Å². The van der Waals surface area contributed by atoms with Crippen LogP contribution in [0.3, 0.4) is 0 Å². The third-order valence-electron chi connectivity index (χ3n) is 3.56. The fourth-order valence-electron chi connectivity index (χ4n) is 2.29. The summed E-state index contributed by atoms with van der Waals surface area (Å²) in [5, 5.41) is 7.99. The summed E-state index contributed by atoms with van der Waals surface area (Å²) in [6.07, 6.45) is 1.06. The molecule has 0 aliphatic carbocycles. The van der Waals surface area contributed by atoms with Gasteiger partial charge in [-0.2, -0.15) is 0 Å². The maximum Gasteiger partial charge on any atom is 0.268 e. The normalized spacial score (nSPS) is 10.0. The number of thiophene rings is 1. The van der Waals surface area contributed by atoms with Crippen molar-refractivity contribution in [3.05, 3.63) is 52.2 Å². The van der Waals surface area contributed by atoms with Gasteiger partial charge in [-0.15, -0.1) is 23.7 Å². The number of para-hydroxylation sites is 1. The molecule has 0 atom stereocenters. The molecule has 25 heavy (non-hydrogen) atoms. The highest BCUT2D eigenvalue weighted by atomic mass is 35.5. The topological polar surface area (TPSA) is 61.4 Å². The lowest BCUT2D eigenvalue weighted by Gasteiger charge is -2.20. The molecule has 0 bridgehead atoms. The lowest BCUT2D eigenvalue weighted by atomic mass is 10.1. The van der Waals surface area contributed by atoms with E-state index in [1.807, 2.05) is 17.5 Å². The van der Waals surface area contributed by atoms with Crippen LogP contribution in [-0.2, 0) is 0 Å². The van der Waals surface area contributed by atoms with E-state index in [2.05, 4.69) is 17.6 Å². The summed E-state index contributed by atoms with van der Waals surface area (Å²) in [6, 6.07) is 10.8. The molecule has 2 rings (SSSR count). The number of carbonyl (C=O) groups is 2. The van der Waals surface area contributed by atoms with Crippen LogP contribution in [0.5, 0.6) is 0 Å². The molecule has 0 saturated heterocycles. The van der Waals surface area contributed by atoms with Gasteiger partial charge in [0.15, 0.2) is 0 Å². The molecule has 5 nitrogen and oxygen atoms in total. The van der Waals surface area contributed by atoms with E-state index in [1.165, 1.54) is 16.2 Å². The van der Waals surface area contributed by atoms with Gasteiger partial charge < -0.3 is 15.5 Å². The molecule has 0 spiro atoms. The van der Waals surface area contributed by atoms with E-state index in [4.69, 9.17) is 0 Å². The molecule has 0 fully saturated rings. The number of carbonyl (C=O) groups excluding carboxylic acids is 2.